The van der Waals surface area contributed by atoms with E-state index in [-0.39, 0.29) is 1.43 Å². The molecule has 10 heavy (non-hydrogen) atoms. The van der Waals surface area contributed by atoms with Crippen LogP contribution < -0.4 is 0 Å². The van der Waals surface area contributed by atoms with E-state index in [2.05, 4.69) is 25.8 Å². The van der Waals surface area contributed by atoms with E-state index in [1.165, 1.54) is 16.7 Å². The highest BCUT2D eigenvalue weighted by atomic mass is 14.7. The van der Waals surface area contributed by atoms with Crippen molar-refractivity contribution in [3.05, 3.63) is 28.6 Å². The van der Waals surface area contributed by atoms with E-state index < -0.39 is 0 Å². The van der Waals surface area contributed by atoms with Crippen LogP contribution in [0.15, 0.2) is 6.20 Å². The van der Waals surface area contributed by atoms with Gasteiger partial charge in [-0.1, -0.05) is 0 Å². The average molecular weight is 137 g/mol. The van der Waals surface area contributed by atoms with E-state index in [0.717, 1.165) is 5.69 Å². The SMILES string of the molecule is Cc1cnc(C)c(C)c1C.[HH]. The van der Waals surface area contributed by atoms with Gasteiger partial charge in [0.1, 0.15) is 0 Å². The molecule has 0 fully saturated rings. The predicted molar refractivity (Wildman–Crippen MR) is 45.3 cm³/mol. The fraction of sp³-hybridized carbons (Fsp3) is 0.444. The monoisotopic (exact) mass is 137 g/mol. The Bertz CT molecular complexity index is 229. The van der Waals surface area contributed by atoms with Crippen molar-refractivity contribution >= 4 is 0 Å². The molecule has 0 atom stereocenters. The first-order chi connectivity index (χ1) is 4.63. The second-order valence-electron chi connectivity index (χ2n) is 2.78. The van der Waals surface area contributed by atoms with Crippen LogP contribution in [0.4, 0.5) is 0 Å². The molecular weight excluding hydrogens is 122 g/mol. The minimum absolute atomic E-state index is 0. The van der Waals surface area contributed by atoms with Crippen molar-refractivity contribution in [1.29, 1.82) is 0 Å². The number of aromatic nitrogens is 1. The van der Waals surface area contributed by atoms with Crippen molar-refractivity contribution < 1.29 is 1.43 Å². The quantitative estimate of drug-likeness (QED) is 0.535. The second-order valence-corrected chi connectivity index (χ2v) is 2.78. The van der Waals surface area contributed by atoms with Crippen molar-refractivity contribution in [2.24, 2.45) is 0 Å². The van der Waals surface area contributed by atoms with Gasteiger partial charge in [-0.25, -0.2) is 0 Å². The molecule has 0 bridgehead atoms. The summed E-state index contributed by atoms with van der Waals surface area (Å²) < 4.78 is 0. The van der Waals surface area contributed by atoms with Gasteiger partial charge in [0.2, 0.25) is 0 Å². The van der Waals surface area contributed by atoms with Crippen LogP contribution in [0.25, 0.3) is 0 Å². The smallest absolute Gasteiger partial charge is 0.0404 e. The van der Waals surface area contributed by atoms with E-state index in [4.69, 9.17) is 0 Å². The molecule has 0 aliphatic heterocycles. The topological polar surface area (TPSA) is 12.9 Å². The molecule has 0 saturated heterocycles. The van der Waals surface area contributed by atoms with E-state index in [1.54, 1.807) is 0 Å². The van der Waals surface area contributed by atoms with Gasteiger partial charge in [0, 0.05) is 13.3 Å². The first-order valence-corrected chi connectivity index (χ1v) is 3.52. The summed E-state index contributed by atoms with van der Waals surface area (Å²) in [4.78, 5) is 4.24. The first kappa shape index (κ1) is 7.26. The zero-order valence-electron chi connectivity index (χ0n) is 7.02. The van der Waals surface area contributed by atoms with E-state index >= 15 is 0 Å². The lowest BCUT2D eigenvalue weighted by molar-refractivity contribution is 1.09. The summed E-state index contributed by atoms with van der Waals surface area (Å²) >= 11 is 0. The molecule has 1 aromatic rings. The largest absolute Gasteiger partial charge is 0.261 e. The zero-order chi connectivity index (χ0) is 7.72. The van der Waals surface area contributed by atoms with Gasteiger partial charge in [-0.3, -0.25) is 4.98 Å². The lowest BCUT2D eigenvalue weighted by atomic mass is 10.1. The fourth-order valence-electron chi connectivity index (χ4n) is 0.954. The van der Waals surface area contributed by atoms with E-state index in [0.29, 0.717) is 0 Å². The van der Waals surface area contributed by atoms with Crippen molar-refractivity contribution in [3.63, 3.8) is 0 Å². The molecule has 0 radical (unpaired) electrons. The Hall–Kier alpha value is -0.850. The molecule has 0 aliphatic carbocycles. The third-order valence-electron chi connectivity index (χ3n) is 2.15. The van der Waals surface area contributed by atoms with Crippen LogP contribution in [0, 0.1) is 27.7 Å². The van der Waals surface area contributed by atoms with Gasteiger partial charge in [-0.05, 0) is 44.4 Å². The number of hydrogen-bond acceptors (Lipinski definition) is 1. The third kappa shape index (κ3) is 1.04. The van der Waals surface area contributed by atoms with Crippen LogP contribution in [-0.2, 0) is 0 Å². The highest BCUT2D eigenvalue weighted by Gasteiger charge is 1.98. The summed E-state index contributed by atoms with van der Waals surface area (Å²) in [6, 6.07) is 0. The number of nitrogens with zero attached hydrogens (tertiary/aromatic N) is 1. The Morgan fingerprint density at radius 1 is 1.10 bits per heavy atom. The molecule has 0 spiro atoms. The highest BCUT2D eigenvalue weighted by Crippen LogP contribution is 2.12. The van der Waals surface area contributed by atoms with Crippen molar-refractivity contribution in [2.45, 2.75) is 27.7 Å². The van der Waals surface area contributed by atoms with Crippen molar-refractivity contribution in [1.82, 2.24) is 4.98 Å². The molecule has 0 aliphatic rings. The molecule has 1 rings (SSSR count). The van der Waals surface area contributed by atoms with Gasteiger partial charge in [-0.15, -0.1) is 0 Å². The number of hydrogen-bond donors (Lipinski definition) is 0. The van der Waals surface area contributed by atoms with Crippen LogP contribution in [0.3, 0.4) is 0 Å². The standard InChI is InChI=1S/C9H13N.H2/c1-6-5-10-9(4)8(3)7(6)2;/h5H,1-4H3;1H. The van der Waals surface area contributed by atoms with Crippen LogP contribution >= 0.6 is 0 Å². The molecule has 56 valence electrons. The lowest BCUT2D eigenvalue weighted by Gasteiger charge is -2.05. The van der Waals surface area contributed by atoms with Gasteiger partial charge in [0.05, 0.1) is 0 Å². The third-order valence-corrected chi connectivity index (χ3v) is 2.15. The fourth-order valence-corrected chi connectivity index (χ4v) is 0.954. The maximum Gasteiger partial charge on any atom is 0.0404 e. The zero-order valence-corrected chi connectivity index (χ0v) is 7.02. The Morgan fingerprint density at radius 3 is 2.20 bits per heavy atom. The van der Waals surface area contributed by atoms with Crippen LogP contribution in [0.2, 0.25) is 0 Å². The van der Waals surface area contributed by atoms with Crippen molar-refractivity contribution in [3.8, 4) is 0 Å². The molecule has 1 heteroatoms. The summed E-state index contributed by atoms with van der Waals surface area (Å²) in [5.41, 5.74) is 5.11. The Labute approximate surface area is 63.6 Å². The van der Waals surface area contributed by atoms with Gasteiger partial charge in [-0.2, -0.15) is 0 Å². The highest BCUT2D eigenvalue weighted by molar-refractivity contribution is 5.32. The van der Waals surface area contributed by atoms with E-state index in [1.807, 2.05) is 13.1 Å². The van der Waals surface area contributed by atoms with Crippen LogP contribution in [0.1, 0.15) is 23.8 Å². The van der Waals surface area contributed by atoms with Crippen LogP contribution in [-0.4, -0.2) is 4.98 Å². The Kier molecular flexibility index (Phi) is 1.75. The minimum atomic E-state index is 0. The second kappa shape index (κ2) is 2.41. The molecule has 0 aromatic carbocycles. The van der Waals surface area contributed by atoms with Gasteiger partial charge < -0.3 is 0 Å². The lowest BCUT2D eigenvalue weighted by Crippen LogP contribution is -1.92. The molecule has 1 nitrogen and oxygen atoms in total. The average Bonchev–Trinajstić information content (AvgIpc) is 1.93. The summed E-state index contributed by atoms with van der Waals surface area (Å²) in [5, 5.41) is 0. The maximum absolute atomic E-state index is 4.24. The molecule has 1 aromatic heterocycles. The Balaban J connectivity index is 0.000001000. The number of pyridine rings is 1. The molecular formula is C9H15N. The molecule has 0 unspecified atom stereocenters. The minimum Gasteiger partial charge on any atom is -0.261 e. The summed E-state index contributed by atoms with van der Waals surface area (Å²) in [6.07, 6.45) is 1.93. The molecule has 0 N–H and O–H groups in total. The summed E-state index contributed by atoms with van der Waals surface area (Å²) in [7, 11) is 0. The molecule has 1 heterocycles. The van der Waals surface area contributed by atoms with Crippen molar-refractivity contribution in [2.75, 3.05) is 0 Å². The summed E-state index contributed by atoms with van der Waals surface area (Å²) in [6.45, 7) is 8.39. The number of aryl methyl sites for hydroxylation is 2. The van der Waals surface area contributed by atoms with Gasteiger partial charge in [0.15, 0.2) is 0 Å². The molecule has 0 amide bonds. The normalized spacial score (nSPS) is 10.0. The van der Waals surface area contributed by atoms with E-state index in [9.17, 15) is 0 Å². The molecule has 0 saturated carbocycles. The van der Waals surface area contributed by atoms with Gasteiger partial charge >= 0.3 is 0 Å². The maximum atomic E-state index is 4.24. The van der Waals surface area contributed by atoms with Crippen LogP contribution in [0.5, 0.6) is 0 Å². The first-order valence-electron chi connectivity index (χ1n) is 3.52. The van der Waals surface area contributed by atoms with Gasteiger partial charge in [0.25, 0.3) is 0 Å². The number of rotatable bonds is 0. The predicted octanol–water partition coefficient (Wildman–Crippen LogP) is 2.56. The Morgan fingerprint density at radius 2 is 1.70 bits per heavy atom. The summed E-state index contributed by atoms with van der Waals surface area (Å²) in [5.74, 6) is 0.